The highest BCUT2D eigenvalue weighted by molar-refractivity contribution is 7.89. The van der Waals surface area contributed by atoms with Gasteiger partial charge in [-0.1, -0.05) is 36.4 Å². The van der Waals surface area contributed by atoms with Crippen LogP contribution in [0.2, 0.25) is 0 Å². The Morgan fingerprint density at radius 2 is 1.93 bits per heavy atom. The summed E-state index contributed by atoms with van der Waals surface area (Å²) in [5.41, 5.74) is 1.89. The van der Waals surface area contributed by atoms with Gasteiger partial charge < -0.3 is 9.72 Å². The SMILES string of the molecule is Cc1cccc2cc(CN(C[C@@H]3CCCO3)S(=O)(=O)c3ccccc3)c(=O)[nH]c12. The average molecular weight is 413 g/mol. The van der Waals surface area contributed by atoms with Crippen LogP contribution in [0.15, 0.2) is 64.3 Å². The summed E-state index contributed by atoms with van der Waals surface area (Å²) in [6.45, 7) is 2.79. The Labute approximate surface area is 170 Å². The van der Waals surface area contributed by atoms with Crippen LogP contribution in [-0.2, 0) is 21.3 Å². The number of hydrogen-bond acceptors (Lipinski definition) is 4. The number of H-pyrrole nitrogens is 1. The van der Waals surface area contributed by atoms with E-state index in [4.69, 9.17) is 4.74 Å². The van der Waals surface area contributed by atoms with Gasteiger partial charge in [-0.05, 0) is 48.9 Å². The van der Waals surface area contributed by atoms with Gasteiger partial charge in [-0.3, -0.25) is 4.79 Å². The van der Waals surface area contributed by atoms with E-state index in [1.165, 1.54) is 4.31 Å². The third-order valence-electron chi connectivity index (χ3n) is 5.32. The second kappa shape index (κ2) is 8.10. The lowest BCUT2D eigenvalue weighted by Crippen LogP contribution is -2.38. The summed E-state index contributed by atoms with van der Waals surface area (Å²) >= 11 is 0. The van der Waals surface area contributed by atoms with Gasteiger partial charge >= 0.3 is 0 Å². The monoisotopic (exact) mass is 412 g/mol. The summed E-state index contributed by atoms with van der Waals surface area (Å²) in [6.07, 6.45) is 1.57. The van der Waals surface area contributed by atoms with Crippen molar-refractivity contribution in [3.05, 3.63) is 76.1 Å². The molecular formula is C22H24N2O4S. The lowest BCUT2D eigenvalue weighted by atomic mass is 10.1. The number of nitrogens with zero attached hydrogens (tertiary/aromatic N) is 1. The summed E-state index contributed by atoms with van der Waals surface area (Å²) in [5, 5.41) is 0.883. The number of fused-ring (bicyclic) bond motifs is 1. The number of aromatic amines is 1. The van der Waals surface area contributed by atoms with Gasteiger partial charge in [0.25, 0.3) is 5.56 Å². The number of aromatic nitrogens is 1. The van der Waals surface area contributed by atoms with Crippen molar-refractivity contribution in [3.8, 4) is 0 Å². The molecule has 0 amide bonds. The van der Waals surface area contributed by atoms with Gasteiger partial charge in [-0.25, -0.2) is 8.42 Å². The van der Waals surface area contributed by atoms with Crippen LogP contribution in [0, 0.1) is 6.92 Å². The molecule has 1 aromatic heterocycles. The zero-order valence-corrected chi connectivity index (χ0v) is 17.1. The molecule has 1 aliphatic heterocycles. The molecule has 29 heavy (non-hydrogen) atoms. The van der Waals surface area contributed by atoms with Gasteiger partial charge in [0, 0.05) is 25.3 Å². The minimum atomic E-state index is -3.76. The lowest BCUT2D eigenvalue weighted by Gasteiger charge is -2.25. The van der Waals surface area contributed by atoms with E-state index in [9.17, 15) is 13.2 Å². The molecule has 0 aliphatic carbocycles. The van der Waals surface area contributed by atoms with Crippen molar-refractivity contribution in [2.45, 2.75) is 37.3 Å². The van der Waals surface area contributed by atoms with Crippen molar-refractivity contribution in [1.29, 1.82) is 0 Å². The smallest absolute Gasteiger partial charge is 0.252 e. The third-order valence-corrected chi connectivity index (χ3v) is 7.15. The molecule has 0 saturated carbocycles. The van der Waals surface area contributed by atoms with E-state index in [-0.39, 0.29) is 29.6 Å². The Bertz CT molecular complexity index is 1170. The molecule has 0 radical (unpaired) electrons. The molecule has 6 nitrogen and oxygen atoms in total. The first-order chi connectivity index (χ1) is 13.9. The molecule has 1 fully saturated rings. The predicted octanol–water partition coefficient (Wildman–Crippen LogP) is 3.21. The number of pyridine rings is 1. The Balaban J connectivity index is 1.73. The first-order valence-corrected chi connectivity index (χ1v) is 11.2. The third kappa shape index (κ3) is 4.12. The number of benzene rings is 2. The number of nitrogens with one attached hydrogen (secondary N) is 1. The van der Waals surface area contributed by atoms with E-state index in [0.29, 0.717) is 12.2 Å². The molecule has 3 aromatic rings. The van der Waals surface area contributed by atoms with Crippen molar-refractivity contribution in [2.75, 3.05) is 13.2 Å². The summed E-state index contributed by atoms with van der Waals surface area (Å²) in [7, 11) is -3.76. The highest BCUT2D eigenvalue weighted by atomic mass is 32.2. The van der Waals surface area contributed by atoms with E-state index in [0.717, 1.165) is 29.3 Å². The number of ether oxygens (including phenoxy) is 1. The van der Waals surface area contributed by atoms with Crippen molar-refractivity contribution < 1.29 is 13.2 Å². The minimum Gasteiger partial charge on any atom is -0.377 e. The number of sulfonamides is 1. The number of rotatable bonds is 6. The number of aryl methyl sites for hydroxylation is 1. The molecule has 7 heteroatoms. The van der Waals surface area contributed by atoms with Gasteiger partial charge in [0.05, 0.1) is 16.5 Å². The fourth-order valence-corrected chi connectivity index (χ4v) is 5.21. The fraction of sp³-hybridized carbons (Fsp3) is 0.318. The van der Waals surface area contributed by atoms with E-state index in [1.807, 2.05) is 25.1 Å². The molecule has 2 aromatic carbocycles. The van der Waals surface area contributed by atoms with Gasteiger partial charge in [0.1, 0.15) is 0 Å². The Morgan fingerprint density at radius 3 is 2.66 bits per heavy atom. The first kappa shape index (κ1) is 19.8. The van der Waals surface area contributed by atoms with Crippen LogP contribution in [0.1, 0.15) is 24.0 Å². The molecule has 2 heterocycles. The summed E-state index contributed by atoms with van der Waals surface area (Å²) < 4.78 is 33.7. The quantitative estimate of drug-likeness (QED) is 0.674. The maximum Gasteiger partial charge on any atom is 0.252 e. The van der Waals surface area contributed by atoms with Crippen molar-refractivity contribution in [3.63, 3.8) is 0 Å². The Hall–Kier alpha value is -2.48. The van der Waals surface area contributed by atoms with Crippen LogP contribution < -0.4 is 5.56 Å². The number of para-hydroxylation sites is 1. The van der Waals surface area contributed by atoms with Gasteiger partial charge in [-0.15, -0.1) is 0 Å². The van der Waals surface area contributed by atoms with Crippen LogP contribution >= 0.6 is 0 Å². The van der Waals surface area contributed by atoms with Crippen molar-refractivity contribution in [1.82, 2.24) is 9.29 Å². The highest BCUT2D eigenvalue weighted by Crippen LogP contribution is 2.23. The molecule has 1 saturated heterocycles. The largest absolute Gasteiger partial charge is 0.377 e. The normalized spacial score (nSPS) is 17.2. The van der Waals surface area contributed by atoms with Gasteiger partial charge in [0.15, 0.2) is 0 Å². The molecular weight excluding hydrogens is 388 g/mol. The van der Waals surface area contributed by atoms with Crippen LogP contribution in [0.25, 0.3) is 10.9 Å². The van der Waals surface area contributed by atoms with Crippen LogP contribution in [0.4, 0.5) is 0 Å². The molecule has 0 bridgehead atoms. The summed E-state index contributed by atoms with van der Waals surface area (Å²) in [6, 6.07) is 15.9. The molecule has 0 unspecified atom stereocenters. The molecule has 1 N–H and O–H groups in total. The van der Waals surface area contributed by atoms with E-state index in [2.05, 4.69) is 4.98 Å². The topological polar surface area (TPSA) is 79.5 Å². The second-order valence-electron chi connectivity index (χ2n) is 7.41. The summed E-state index contributed by atoms with van der Waals surface area (Å²) in [5.74, 6) is 0. The highest BCUT2D eigenvalue weighted by Gasteiger charge is 2.29. The van der Waals surface area contributed by atoms with Gasteiger partial charge in [0.2, 0.25) is 10.0 Å². The lowest BCUT2D eigenvalue weighted by molar-refractivity contribution is 0.0925. The van der Waals surface area contributed by atoms with Crippen LogP contribution in [0.5, 0.6) is 0 Å². The average Bonchev–Trinajstić information content (AvgIpc) is 3.23. The zero-order chi connectivity index (χ0) is 20.4. The summed E-state index contributed by atoms with van der Waals surface area (Å²) in [4.78, 5) is 15.8. The maximum absolute atomic E-state index is 13.3. The molecule has 1 atom stereocenters. The molecule has 1 aliphatic rings. The van der Waals surface area contributed by atoms with Crippen LogP contribution in [-0.4, -0.2) is 37.0 Å². The van der Waals surface area contributed by atoms with E-state index >= 15 is 0 Å². The Morgan fingerprint density at radius 1 is 1.14 bits per heavy atom. The molecule has 0 spiro atoms. The number of hydrogen-bond donors (Lipinski definition) is 1. The minimum absolute atomic E-state index is 0.00367. The predicted molar refractivity (Wildman–Crippen MR) is 112 cm³/mol. The van der Waals surface area contributed by atoms with Crippen LogP contribution in [0.3, 0.4) is 0 Å². The maximum atomic E-state index is 13.3. The first-order valence-electron chi connectivity index (χ1n) is 9.73. The van der Waals surface area contributed by atoms with Gasteiger partial charge in [-0.2, -0.15) is 4.31 Å². The van der Waals surface area contributed by atoms with Crippen molar-refractivity contribution in [2.24, 2.45) is 0 Å². The molecule has 152 valence electrons. The standard InChI is InChI=1S/C22H24N2O4S/c1-16-7-5-8-17-13-18(22(25)23-21(16)17)14-24(15-19-9-6-12-28-19)29(26,27)20-10-3-2-4-11-20/h2-5,7-8,10-11,13,19H,6,9,12,14-15H2,1H3,(H,23,25)/t19-/m0/s1. The zero-order valence-electron chi connectivity index (χ0n) is 16.3. The Kier molecular flexibility index (Phi) is 5.54. The fourth-order valence-electron chi connectivity index (χ4n) is 3.74. The van der Waals surface area contributed by atoms with E-state index in [1.54, 1.807) is 36.4 Å². The molecule has 4 rings (SSSR count). The van der Waals surface area contributed by atoms with Crippen molar-refractivity contribution >= 4 is 20.9 Å². The second-order valence-corrected chi connectivity index (χ2v) is 9.35. The van der Waals surface area contributed by atoms with E-state index < -0.39 is 10.0 Å².